The zero-order valence-electron chi connectivity index (χ0n) is 14.9. The Kier molecular flexibility index (Phi) is 7.27. The average Bonchev–Trinajstić information content (AvgIpc) is 2.68. The SMILES string of the molecule is O=C(COC[C@@H]1CCCCO1)N1CCC(OCc2ccccc2)CC1. The van der Waals surface area contributed by atoms with Crippen LogP contribution < -0.4 is 0 Å². The number of amides is 1. The highest BCUT2D eigenvalue weighted by atomic mass is 16.5. The van der Waals surface area contributed by atoms with E-state index in [1.165, 1.54) is 12.0 Å². The van der Waals surface area contributed by atoms with Crippen molar-refractivity contribution < 1.29 is 19.0 Å². The molecule has 1 aromatic carbocycles. The molecule has 138 valence electrons. The average molecular weight is 347 g/mol. The van der Waals surface area contributed by atoms with Crippen molar-refractivity contribution in [1.82, 2.24) is 4.90 Å². The maximum atomic E-state index is 12.2. The highest BCUT2D eigenvalue weighted by Crippen LogP contribution is 2.16. The highest BCUT2D eigenvalue weighted by Gasteiger charge is 2.23. The molecular weight excluding hydrogens is 318 g/mol. The monoisotopic (exact) mass is 347 g/mol. The molecule has 2 heterocycles. The summed E-state index contributed by atoms with van der Waals surface area (Å²) in [4.78, 5) is 14.1. The van der Waals surface area contributed by atoms with Gasteiger partial charge in [0, 0.05) is 19.7 Å². The number of rotatable bonds is 7. The second-order valence-corrected chi connectivity index (χ2v) is 6.88. The number of hydrogen-bond acceptors (Lipinski definition) is 4. The maximum absolute atomic E-state index is 12.2. The van der Waals surface area contributed by atoms with E-state index in [9.17, 15) is 4.79 Å². The largest absolute Gasteiger partial charge is 0.376 e. The molecule has 0 aromatic heterocycles. The van der Waals surface area contributed by atoms with Crippen molar-refractivity contribution in [2.75, 3.05) is 32.9 Å². The zero-order chi connectivity index (χ0) is 17.3. The van der Waals surface area contributed by atoms with Gasteiger partial charge in [0.05, 0.1) is 25.4 Å². The van der Waals surface area contributed by atoms with Crippen molar-refractivity contribution in [2.45, 2.75) is 50.9 Å². The lowest BCUT2D eigenvalue weighted by Gasteiger charge is -2.32. The fourth-order valence-corrected chi connectivity index (χ4v) is 3.37. The summed E-state index contributed by atoms with van der Waals surface area (Å²) in [6, 6.07) is 10.2. The summed E-state index contributed by atoms with van der Waals surface area (Å²) in [5.41, 5.74) is 1.19. The molecule has 1 aromatic rings. The summed E-state index contributed by atoms with van der Waals surface area (Å²) in [5, 5.41) is 0. The fraction of sp³-hybridized carbons (Fsp3) is 0.650. The predicted octanol–water partition coefficient (Wildman–Crippen LogP) is 2.78. The first kappa shape index (κ1) is 18.4. The topological polar surface area (TPSA) is 48.0 Å². The smallest absolute Gasteiger partial charge is 0.248 e. The Bertz CT molecular complexity index is 508. The van der Waals surface area contributed by atoms with Crippen LogP contribution in [-0.4, -0.2) is 55.9 Å². The molecule has 0 unspecified atom stereocenters. The molecule has 0 N–H and O–H groups in total. The minimum absolute atomic E-state index is 0.0809. The zero-order valence-corrected chi connectivity index (χ0v) is 14.9. The number of ether oxygens (including phenoxy) is 3. The van der Waals surface area contributed by atoms with Crippen LogP contribution in [0.5, 0.6) is 0 Å². The molecule has 5 nitrogen and oxygen atoms in total. The standard InChI is InChI=1S/C20H29NO4/c22-20(16-23-15-19-8-4-5-13-24-19)21-11-9-18(10-12-21)25-14-17-6-2-1-3-7-17/h1-3,6-7,18-19H,4-5,8-16H2/t19-/m0/s1. The number of likely N-dealkylation sites (tertiary alicyclic amines) is 1. The third-order valence-corrected chi connectivity index (χ3v) is 4.93. The van der Waals surface area contributed by atoms with Gasteiger partial charge in [-0.15, -0.1) is 0 Å². The molecule has 0 saturated carbocycles. The van der Waals surface area contributed by atoms with E-state index in [-0.39, 0.29) is 24.7 Å². The van der Waals surface area contributed by atoms with Crippen molar-refractivity contribution in [3.63, 3.8) is 0 Å². The lowest BCUT2D eigenvalue weighted by Crippen LogP contribution is -2.42. The number of hydrogen-bond donors (Lipinski definition) is 0. The Morgan fingerprint density at radius 3 is 2.64 bits per heavy atom. The molecule has 2 fully saturated rings. The van der Waals surface area contributed by atoms with E-state index in [2.05, 4.69) is 12.1 Å². The van der Waals surface area contributed by atoms with Gasteiger partial charge in [0.1, 0.15) is 6.61 Å². The summed E-state index contributed by atoms with van der Waals surface area (Å²) >= 11 is 0. The van der Waals surface area contributed by atoms with Crippen molar-refractivity contribution in [1.29, 1.82) is 0 Å². The van der Waals surface area contributed by atoms with Gasteiger partial charge >= 0.3 is 0 Å². The third kappa shape index (κ3) is 6.10. The van der Waals surface area contributed by atoms with Crippen molar-refractivity contribution in [3.05, 3.63) is 35.9 Å². The van der Waals surface area contributed by atoms with E-state index in [1.54, 1.807) is 0 Å². The number of benzene rings is 1. The minimum Gasteiger partial charge on any atom is -0.376 e. The van der Waals surface area contributed by atoms with E-state index in [1.807, 2.05) is 23.1 Å². The summed E-state index contributed by atoms with van der Waals surface area (Å²) in [6.45, 7) is 3.66. The van der Waals surface area contributed by atoms with E-state index in [4.69, 9.17) is 14.2 Å². The number of carbonyl (C=O) groups excluding carboxylic acids is 1. The van der Waals surface area contributed by atoms with Crippen LogP contribution in [0.15, 0.2) is 30.3 Å². The number of nitrogens with zero attached hydrogens (tertiary/aromatic N) is 1. The first-order valence-electron chi connectivity index (χ1n) is 9.44. The molecule has 2 saturated heterocycles. The summed E-state index contributed by atoms with van der Waals surface area (Å²) in [5.74, 6) is 0.0809. The van der Waals surface area contributed by atoms with E-state index in [0.717, 1.165) is 45.4 Å². The molecule has 0 radical (unpaired) electrons. The normalized spacial score (nSPS) is 22.1. The fourth-order valence-electron chi connectivity index (χ4n) is 3.37. The predicted molar refractivity (Wildman–Crippen MR) is 95.2 cm³/mol. The molecule has 0 aliphatic carbocycles. The van der Waals surface area contributed by atoms with Crippen molar-refractivity contribution >= 4 is 5.91 Å². The summed E-state index contributed by atoms with van der Waals surface area (Å²) < 4.78 is 17.2. The van der Waals surface area contributed by atoms with Crippen LogP contribution in [0.2, 0.25) is 0 Å². The van der Waals surface area contributed by atoms with E-state index >= 15 is 0 Å². The van der Waals surface area contributed by atoms with Crippen LogP contribution >= 0.6 is 0 Å². The first-order valence-corrected chi connectivity index (χ1v) is 9.44. The third-order valence-electron chi connectivity index (χ3n) is 4.93. The van der Waals surface area contributed by atoms with Crippen LogP contribution in [0.1, 0.15) is 37.7 Å². The molecule has 1 atom stereocenters. The molecular formula is C20H29NO4. The van der Waals surface area contributed by atoms with E-state index in [0.29, 0.717) is 13.2 Å². The first-order chi connectivity index (χ1) is 12.3. The minimum atomic E-state index is 0.0809. The van der Waals surface area contributed by atoms with Gasteiger partial charge in [0.25, 0.3) is 0 Å². The Morgan fingerprint density at radius 2 is 1.92 bits per heavy atom. The van der Waals surface area contributed by atoms with Crippen LogP contribution in [0.25, 0.3) is 0 Å². The van der Waals surface area contributed by atoms with Gasteiger partial charge in [-0.3, -0.25) is 4.79 Å². The lowest BCUT2D eigenvalue weighted by molar-refractivity contribution is -0.140. The number of carbonyl (C=O) groups is 1. The summed E-state index contributed by atoms with van der Waals surface area (Å²) in [6.07, 6.45) is 5.56. The second-order valence-electron chi connectivity index (χ2n) is 6.88. The van der Waals surface area contributed by atoms with Gasteiger partial charge < -0.3 is 19.1 Å². The number of piperidine rings is 1. The van der Waals surface area contributed by atoms with Gasteiger partial charge in [0.2, 0.25) is 5.91 Å². The van der Waals surface area contributed by atoms with Gasteiger partial charge in [-0.05, 0) is 37.7 Å². The van der Waals surface area contributed by atoms with Crippen LogP contribution in [0, 0.1) is 0 Å². The van der Waals surface area contributed by atoms with Gasteiger partial charge in [-0.25, -0.2) is 0 Å². The lowest BCUT2D eigenvalue weighted by atomic mass is 10.1. The van der Waals surface area contributed by atoms with Gasteiger partial charge in [-0.1, -0.05) is 30.3 Å². The van der Waals surface area contributed by atoms with Crippen molar-refractivity contribution in [2.24, 2.45) is 0 Å². The molecule has 0 bridgehead atoms. The molecule has 25 heavy (non-hydrogen) atoms. The molecule has 5 heteroatoms. The van der Waals surface area contributed by atoms with Crippen LogP contribution in [0.3, 0.4) is 0 Å². The Labute approximate surface area is 150 Å². The maximum Gasteiger partial charge on any atom is 0.248 e. The quantitative estimate of drug-likeness (QED) is 0.761. The molecule has 0 spiro atoms. The molecule has 1 amide bonds. The van der Waals surface area contributed by atoms with Gasteiger partial charge in [0.15, 0.2) is 0 Å². The molecule has 2 aliphatic rings. The van der Waals surface area contributed by atoms with Crippen molar-refractivity contribution in [3.8, 4) is 0 Å². The van der Waals surface area contributed by atoms with Gasteiger partial charge in [-0.2, -0.15) is 0 Å². The highest BCUT2D eigenvalue weighted by molar-refractivity contribution is 5.77. The Balaban J connectivity index is 1.29. The summed E-state index contributed by atoms with van der Waals surface area (Å²) in [7, 11) is 0. The Hall–Kier alpha value is -1.43. The molecule has 3 rings (SSSR count). The Morgan fingerprint density at radius 1 is 1.12 bits per heavy atom. The van der Waals surface area contributed by atoms with E-state index < -0.39 is 0 Å². The van der Waals surface area contributed by atoms with Crippen LogP contribution in [0.4, 0.5) is 0 Å². The molecule has 2 aliphatic heterocycles. The van der Waals surface area contributed by atoms with Crippen LogP contribution in [-0.2, 0) is 25.6 Å². The second kappa shape index (κ2) is 9.90.